The Hall–Kier alpha value is -2.12. The van der Waals surface area contributed by atoms with E-state index in [4.69, 9.17) is 0 Å². The molecule has 0 heterocycles. The summed E-state index contributed by atoms with van der Waals surface area (Å²) in [7, 11) is 0. The largest absolute Gasteiger partial charge is 0.411 e. The summed E-state index contributed by atoms with van der Waals surface area (Å²) in [5.74, 6) is 0. The normalized spacial score (nSPS) is 16.8. The third kappa shape index (κ3) is 2.38. The molecule has 0 radical (unpaired) electrons. The first-order valence-corrected chi connectivity index (χ1v) is 5.38. The second-order valence-electron chi connectivity index (χ2n) is 4.36. The quantitative estimate of drug-likeness (QED) is 0.520. The van der Waals surface area contributed by atoms with Gasteiger partial charge in [0.05, 0.1) is 4.92 Å². The number of nitro groups is 1. The minimum absolute atomic E-state index is 0.0362. The molecule has 1 aliphatic carbocycles. The number of nitro benzene ring substituents is 1. The number of rotatable bonds is 4. The minimum atomic E-state index is -4.47. The van der Waals surface area contributed by atoms with Gasteiger partial charge in [-0.2, -0.15) is 13.2 Å². The Morgan fingerprint density at radius 3 is 2.42 bits per heavy atom. The number of hydrogen-bond donors (Lipinski definition) is 1. The smallest absolute Gasteiger partial charge is 0.366 e. The highest BCUT2D eigenvalue weighted by atomic mass is 19.4. The molecule has 102 valence electrons. The molecule has 0 aromatic heterocycles. The molecule has 1 aromatic carbocycles. The van der Waals surface area contributed by atoms with E-state index in [9.17, 15) is 28.1 Å². The van der Waals surface area contributed by atoms with Crippen molar-refractivity contribution in [3.05, 3.63) is 33.9 Å². The first-order valence-electron chi connectivity index (χ1n) is 5.38. The van der Waals surface area contributed by atoms with E-state index in [2.05, 4.69) is 5.32 Å². The fourth-order valence-electron chi connectivity index (χ4n) is 1.74. The second kappa shape index (κ2) is 4.22. The van der Waals surface area contributed by atoms with Crippen LogP contribution in [0.5, 0.6) is 0 Å². The Morgan fingerprint density at radius 2 is 2.00 bits per heavy atom. The molecular weight excluding hydrogens is 265 g/mol. The minimum Gasteiger partial charge on any atom is -0.366 e. The average Bonchev–Trinajstić information content (AvgIpc) is 3.09. The Bertz CT molecular complexity index is 538. The van der Waals surface area contributed by atoms with Crippen LogP contribution in [-0.4, -0.2) is 22.9 Å². The highest BCUT2D eigenvalue weighted by Crippen LogP contribution is 2.52. The molecule has 0 spiro atoms. The molecule has 5 nitrogen and oxygen atoms in total. The summed E-state index contributed by atoms with van der Waals surface area (Å²) >= 11 is 0. The molecule has 0 saturated heterocycles. The molecule has 0 unspecified atom stereocenters. The average molecular weight is 274 g/mol. The Labute approximate surface area is 105 Å². The molecule has 8 heteroatoms. The van der Waals surface area contributed by atoms with Gasteiger partial charge in [-0.05, 0) is 25.0 Å². The van der Waals surface area contributed by atoms with E-state index in [-0.39, 0.29) is 24.1 Å². The lowest BCUT2D eigenvalue weighted by Crippen LogP contribution is -2.38. The molecular formula is C11H9F3N2O3. The third-order valence-electron chi connectivity index (χ3n) is 3.02. The van der Waals surface area contributed by atoms with Crippen LogP contribution in [0.4, 0.5) is 24.5 Å². The summed E-state index contributed by atoms with van der Waals surface area (Å²) in [6.07, 6.45) is -4.32. The summed E-state index contributed by atoms with van der Waals surface area (Å²) in [5, 5.41) is 13.0. The molecule has 0 bridgehead atoms. The number of carbonyl (C=O) groups is 1. The van der Waals surface area contributed by atoms with Gasteiger partial charge in [0.1, 0.15) is 17.5 Å². The Morgan fingerprint density at radius 1 is 1.37 bits per heavy atom. The van der Waals surface area contributed by atoms with Crippen molar-refractivity contribution in [3.63, 3.8) is 0 Å². The number of nitrogens with zero attached hydrogens (tertiary/aromatic N) is 1. The molecule has 1 aromatic rings. The molecule has 1 fully saturated rings. The fraction of sp³-hybridized carbons (Fsp3) is 0.364. The first-order chi connectivity index (χ1) is 8.79. The van der Waals surface area contributed by atoms with E-state index < -0.39 is 22.3 Å². The van der Waals surface area contributed by atoms with Crippen molar-refractivity contribution in [2.45, 2.75) is 24.6 Å². The van der Waals surface area contributed by atoms with Crippen molar-refractivity contribution >= 4 is 17.7 Å². The van der Waals surface area contributed by atoms with Crippen molar-refractivity contribution in [1.29, 1.82) is 0 Å². The zero-order chi connectivity index (χ0) is 14.3. The predicted molar refractivity (Wildman–Crippen MR) is 60.1 cm³/mol. The van der Waals surface area contributed by atoms with Crippen LogP contribution in [0.15, 0.2) is 18.2 Å². The zero-order valence-electron chi connectivity index (χ0n) is 9.53. The number of anilines is 1. The van der Waals surface area contributed by atoms with E-state index >= 15 is 0 Å². The number of nitrogens with one attached hydrogen (secondary N) is 1. The molecule has 0 aliphatic heterocycles. The van der Waals surface area contributed by atoms with E-state index in [1.165, 1.54) is 6.07 Å². The molecule has 0 amide bonds. The number of aldehydes is 1. The standard InChI is InChI=1S/C11H9F3N2O3/c12-11(13,14)10(3-4-10)15-8-2-1-7(6-17)5-9(8)16(18)19/h1-2,5-6,15H,3-4H2. The van der Waals surface area contributed by atoms with Gasteiger partial charge in [-0.15, -0.1) is 0 Å². The molecule has 1 saturated carbocycles. The zero-order valence-corrected chi connectivity index (χ0v) is 9.53. The van der Waals surface area contributed by atoms with E-state index in [0.29, 0.717) is 6.29 Å². The highest BCUT2D eigenvalue weighted by Gasteiger charge is 2.63. The maximum atomic E-state index is 12.8. The number of alkyl halides is 3. The lowest BCUT2D eigenvalue weighted by molar-refractivity contribution is -0.384. The Kier molecular flexibility index (Phi) is 2.95. The van der Waals surface area contributed by atoms with Gasteiger partial charge in [0.25, 0.3) is 5.69 Å². The number of carbonyl (C=O) groups excluding carboxylic acids is 1. The summed E-state index contributed by atoms with van der Waals surface area (Å²) in [6.45, 7) is 0. The lowest BCUT2D eigenvalue weighted by atomic mass is 10.1. The van der Waals surface area contributed by atoms with Gasteiger partial charge in [0, 0.05) is 11.6 Å². The van der Waals surface area contributed by atoms with Gasteiger partial charge >= 0.3 is 6.18 Å². The maximum absolute atomic E-state index is 12.8. The van der Waals surface area contributed by atoms with E-state index in [1.807, 2.05) is 0 Å². The summed E-state index contributed by atoms with van der Waals surface area (Å²) in [5.41, 5.74) is -2.82. The van der Waals surface area contributed by atoms with Gasteiger partial charge in [-0.3, -0.25) is 14.9 Å². The predicted octanol–water partition coefficient (Wildman–Crippen LogP) is 2.91. The fourth-order valence-corrected chi connectivity index (χ4v) is 1.74. The summed E-state index contributed by atoms with van der Waals surface area (Å²) < 4.78 is 38.3. The van der Waals surface area contributed by atoms with Crippen LogP contribution in [0, 0.1) is 10.1 Å². The van der Waals surface area contributed by atoms with Crippen molar-refractivity contribution in [2.75, 3.05) is 5.32 Å². The molecule has 1 aliphatic rings. The highest BCUT2D eigenvalue weighted by molar-refractivity contribution is 5.79. The van der Waals surface area contributed by atoms with Crippen molar-refractivity contribution in [2.24, 2.45) is 0 Å². The number of benzene rings is 1. The van der Waals surface area contributed by atoms with E-state index in [0.717, 1.165) is 12.1 Å². The van der Waals surface area contributed by atoms with Gasteiger partial charge in [-0.1, -0.05) is 0 Å². The van der Waals surface area contributed by atoms with Gasteiger partial charge < -0.3 is 5.32 Å². The van der Waals surface area contributed by atoms with Gasteiger partial charge in [0.2, 0.25) is 0 Å². The topological polar surface area (TPSA) is 72.2 Å². The maximum Gasteiger partial charge on any atom is 0.411 e. The van der Waals surface area contributed by atoms with Crippen LogP contribution in [0.3, 0.4) is 0 Å². The monoisotopic (exact) mass is 274 g/mol. The van der Waals surface area contributed by atoms with Gasteiger partial charge in [0.15, 0.2) is 0 Å². The molecule has 0 atom stereocenters. The van der Waals surface area contributed by atoms with Crippen LogP contribution in [-0.2, 0) is 0 Å². The Balaban J connectivity index is 2.36. The van der Waals surface area contributed by atoms with Crippen LogP contribution in [0.25, 0.3) is 0 Å². The van der Waals surface area contributed by atoms with Crippen LogP contribution in [0.2, 0.25) is 0 Å². The first kappa shape index (κ1) is 13.3. The second-order valence-corrected chi connectivity index (χ2v) is 4.36. The van der Waals surface area contributed by atoms with Crippen LogP contribution in [0.1, 0.15) is 23.2 Å². The number of hydrogen-bond acceptors (Lipinski definition) is 4. The molecule has 2 rings (SSSR count). The summed E-state index contributed by atoms with van der Waals surface area (Å²) in [6, 6.07) is 3.30. The van der Waals surface area contributed by atoms with Gasteiger partial charge in [-0.25, -0.2) is 0 Å². The van der Waals surface area contributed by atoms with Crippen LogP contribution < -0.4 is 5.32 Å². The molecule has 19 heavy (non-hydrogen) atoms. The van der Waals surface area contributed by atoms with E-state index in [1.54, 1.807) is 0 Å². The van der Waals surface area contributed by atoms with Crippen molar-refractivity contribution in [1.82, 2.24) is 0 Å². The third-order valence-corrected chi connectivity index (χ3v) is 3.02. The summed E-state index contributed by atoms with van der Waals surface area (Å²) in [4.78, 5) is 20.5. The number of halogens is 3. The lowest BCUT2D eigenvalue weighted by Gasteiger charge is -2.21. The SMILES string of the molecule is O=Cc1ccc(NC2(C(F)(F)F)CC2)c([N+](=O)[O-])c1. The van der Waals surface area contributed by atoms with Crippen molar-refractivity contribution in [3.8, 4) is 0 Å². The molecule has 1 N–H and O–H groups in total. The van der Waals surface area contributed by atoms with Crippen LogP contribution >= 0.6 is 0 Å². The van der Waals surface area contributed by atoms with Crippen molar-refractivity contribution < 1.29 is 22.9 Å².